The van der Waals surface area contributed by atoms with E-state index in [0.29, 0.717) is 6.54 Å². The summed E-state index contributed by atoms with van der Waals surface area (Å²) in [6.07, 6.45) is 3.73. The van der Waals surface area contributed by atoms with Crippen molar-refractivity contribution >= 4 is 23.1 Å². The molecule has 0 saturated heterocycles. The molecule has 0 saturated carbocycles. The van der Waals surface area contributed by atoms with Crippen LogP contribution in [0.1, 0.15) is 18.2 Å². The molecule has 0 amide bonds. The Kier molecular flexibility index (Phi) is 4.14. The minimum absolute atomic E-state index is 0.0417. The summed E-state index contributed by atoms with van der Waals surface area (Å²) in [7, 11) is 1.83. The number of hydrogen-bond acceptors (Lipinski definition) is 6. The summed E-state index contributed by atoms with van der Waals surface area (Å²) in [5, 5.41) is 18.1. The molecular formula is C11H13ClN6O2. The van der Waals surface area contributed by atoms with Gasteiger partial charge < -0.3 is 5.32 Å². The Morgan fingerprint density at radius 2 is 2.30 bits per heavy atom. The number of aryl methyl sites for hydroxylation is 2. The molecule has 0 aliphatic rings. The van der Waals surface area contributed by atoms with Crippen molar-refractivity contribution in [1.82, 2.24) is 19.7 Å². The normalized spacial score (nSPS) is 10.6. The molecule has 0 aromatic carbocycles. The van der Waals surface area contributed by atoms with E-state index in [1.54, 1.807) is 4.68 Å². The van der Waals surface area contributed by atoms with Gasteiger partial charge in [0.1, 0.15) is 6.20 Å². The maximum atomic E-state index is 10.9. The highest BCUT2D eigenvalue weighted by molar-refractivity contribution is 6.28. The molecule has 20 heavy (non-hydrogen) atoms. The first kappa shape index (κ1) is 14.2. The van der Waals surface area contributed by atoms with Crippen molar-refractivity contribution in [2.24, 2.45) is 7.05 Å². The van der Waals surface area contributed by atoms with Gasteiger partial charge in [-0.25, -0.2) is 4.98 Å². The third-order valence-electron chi connectivity index (χ3n) is 2.71. The smallest absolute Gasteiger partial charge is 0.329 e. The van der Waals surface area contributed by atoms with Gasteiger partial charge >= 0.3 is 5.69 Å². The highest BCUT2D eigenvalue weighted by Gasteiger charge is 2.17. The van der Waals surface area contributed by atoms with Crippen molar-refractivity contribution in [3.63, 3.8) is 0 Å². The standard InChI is InChI=1S/C11H13ClN6O2/c1-3-8-7(6-17(2)16-8)4-13-10-9(18(19)20)5-14-11(12)15-10/h5-6H,3-4H2,1-2H3,(H,13,14,15). The third kappa shape index (κ3) is 3.02. The van der Waals surface area contributed by atoms with Gasteiger partial charge in [0.05, 0.1) is 10.6 Å². The van der Waals surface area contributed by atoms with Crippen LogP contribution in [0.2, 0.25) is 5.28 Å². The number of nitro groups is 1. The molecule has 0 aliphatic carbocycles. The quantitative estimate of drug-likeness (QED) is 0.514. The number of nitrogens with zero attached hydrogens (tertiary/aromatic N) is 5. The lowest BCUT2D eigenvalue weighted by atomic mass is 10.2. The zero-order chi connectivity index (χ0) is 14.7. The average molecular weight is 297 g/mol. The van der Waals surface area contributed by atoms with Crippen LogP contribution in [-0.4, -0.2) is 24.7 Å². The van der Waals surface area contributed by atoms with Crippen LogP contribution in [0.3, 0.4) is 0 Å². The minimum Gasteiger partial charge on any atom is -0.360 e. The molecule has 1 N–H and O–H groups in total. The zero-order valence-electron chi connectivity index (χ0n) is 11.0. The van der Waals surface area contributed by atoms with Crippen LogP contribution in [0.25, 0.3) is 0 Å². The van der Waals surface area contributed by atoms with Gasteiger partial charge in [-0.05, 0) is 18.0 Å². The number of hydrogen-bond donors (Lipinski definition) is 1. The lowest BCUT2D eigenvalue weighted by molar-refractivity contribution is -0.384. The van der Waals surface area contributed by atoms with E-state index in [-0.39, 0.29) is 16.8 Å². The van der Waals surface area contributed by atoms with E-state index in [4.69, 9.17) is 11.6 Å². The second-order valence-electron chi connectivity index (χ2n) is 4.11. The zero-order valence-corrected chi connectivity index (χ0v) is 11.8. The molecule has 0 aliphatic heterocycles. The third-order valence-corrected chi connectivity index (χ3v) is 2.89. The second-order valence-corrected chi connectivity index (χ2v) is 4.45. The van der Waals surface area contributed by atoms with Gasteiger partial charge in [0, 0.05) is 25.4 Å². The van der Waals surface area contributed by atoms with E-state index in [2.05, 4.69) is 20.4 Å². The molecule has 9 heteroatoms. The summed E-state index contributed by atoms with van der Waals surface area (Å²) in [5.41, 5.74) is 1.68. The molecule has 0 bridgehead atoms. The fourth-order valence-electron chi connectivity index (χ4n) is 1.83. The number of anilines is 1. The Hall–Kier alpha value is -2.22. The van der Waals surface area contributed by atoms with Gasteiger partial charge in [-0.3, -0.25) is 14.8 Å². The van der Waals surface area contributed by atoms with Crippen molar-refractivity contribution in [1.29, 1.82) is 0 Å². The SMILES string of the molecule is CCc1nn(C)cc1CNc1nc(Cl)ncc1[N+](=O)[O-]. The van der Waals surface area contributed by atoms with Gasteiger partial charge in [-0.2, -0.15) is 10.1 Å². The van der Waals surface area contributed by atoms with Crippen LogP contribution in [-0.2, 0) is 20.0 Å². The van der Waals surface area contributed by atoms with Gasteiger partial charge in [-0.15, -0.1) is 0 Å². The fourth-order valence-corrected chi connectivity index (χ4v) is 1.96. The van der Waals surface area contributed by atoms with Crippen LogP contribution in [0.15, 0.2) is 12.4 Å². The topological polar surface area (TPSA) is 98.8 Å². The Morgan fingerprint density at radius 1 is 1.55 bits per heavy atom. The van der Waals surface area contributed by atoms with Crippen molar-refractivity contribution in [3.8, 4) is 0 Å². The Labute approximate surface area is 120 Å². The lowest BCUT2D eigenvalue weighted by Gasteiger charge is -2.05. The maximum Gasteiger partial charge on any atom is 0.329 e. The Morgan fingerprint density at radius 3 is 2.95 bits per heavy atom. The summed E-state index contributed by atoms with van der Waals surface area (Å²) in [6.45, 7) is 2.38. The molecule has 0 atom stereocenters. The summed E-state index contributed by atoms with van der Waals surface area (Å²) in [6, 6.07) is 0. The molecule has 0 unspecified atom stereocenters. The lowest BCUT2D eigenvalue weighted by Crippen LogP contribution is -2.06. The summed E-state index contributed by atoms with van der Waals surface area (Å²) >= 11 is 5.66. The van der Waals surface area contributed by atoms with Gasteiger partial charge in [0.15, 0.2) is 0 Å². The van der Waals surface area contributed by atoms with Crippen molar-refractivity contribution < 1.29 is 4.92 Å². The summed E-state index contributed by atoms with van der Waals surface area (Å²) in [5.74, 6) is 0.0981. The van der Waals surface area contributed by atoms with Crippen molar-refractivity contribution in [3.05, 3.63) is 39.0 Å². The Balaban J connectivity index is 2.22. The first-order chi connectivity index (χ1) is 9.51. The number of halogens is 1. The maximum absolute atomic E-state index is 10.9. The molecule has 0 fully saturated rings. The fraction of sp³-hybridized carbons (Fsp3) is 0.364. The van der Waals surface area contributed by atoms with Crippen LogP contribution >= 0.6 is 11.6 Å². The van der Waals surface area contributed by atoms with E-state index in [0.717, 1.165) is 23.9 Å². The van der Waals surface area contributed by atoms with Gasteiger partial charge in [0.25, 0.3) is 0 Å². The number of rotatable bonds is 5. The molecule has 106 valence electrons. The van der Waals surface area contributed by atoms with Gasteiger partial charge in [-0.1, -0.05) is 6.92 Å². The highest BCUT2D eigenvalue weighted by Crippen LogP contribution is 2.22. The van der Waals surface area contributed by atoms with E-state index < -0.39 is 4.92 Å². The van der Waals surface area contributed by atoms with Crippen LogP contribution in [0, 0.1) is 10.1 Å². The molecular weight excluding hydrogens is 284 g/mol. The summed E-state index contributed by atoms with van der Waals surface area (Å²) in [4.78, 5) is 17.8. The number of aromatic nitrogens is 4. The van der Waals surface area contributed by atoms with Crippen LogP contribution in [0.5, 0.6) is 0 Å². The molecule has 2 aromatic rings. The van der Waals surface area contributed by atoms with Gasteiger partial charge in [0.2, 0.25) is 11.1 Å². The minimum atomic E-state index is -0.553. The van der Waals surface area contributed by atoms with Crippen molar-refractivity contribution in [2.45, 2.75) is 19.9 Å². The molecule has 0 spiro atoms. The van der Waals surface area contributed by atoms with Crippen LogP contribution < -0.4 is 5.32 Å². The van der Waals surface area contributed by atoms with E-state index in [1.807, 2.05) is 20.2 Å². The predicted molar refractivity (Wildman–Crippen MR) is 73.6 cm³/mol. The second kappa shape index (κ2) is 5.83. The molecule has 0 radical (unpaired) electrons. The van der Waals surface area contributed by atoms with Crippen LogP contribution in [0.4, 0.5) is 11.5 Å². The van der Waals surface area contributed by atoms with E-state index in [9.17, 15) is 10.1 Å². The molecule has 8 nitrogen and oxygen atoms in total. The molecule has 2 aromatic heterocycles. The first-order valence-corrected chi connectivity index (χ1v) is 6.31. The highest BCUT2D eigenvalue weighted by atomic mass is 35.5. The van der Waals surface area contributed by atoms with Crippen molar-refractivity contribution in [2.75, 3.05) is 5.32 Å². The van der Waals surface area contributed by atoms with E-state index >= 15 is 0 Å². The predicted octanol–water partition coefficient (Wildman–Crippen LogP) is 1.95. The monoisotopic (exact) mass is 296 g/mol. The largest absolute Gasteiger partial charge is 0.360 e. The Bertz CT molecular complexity index is 642. The average Bonchev–Trinajstić information content (AvgIpc) is 2.76. The molecule has 2 rings (SSSR count). The first-order valence-electron chi connectivity index (χ1n) is 5.93. The number of nitrogens with one attached hydrogen (secondary N) is 1. The van der Waals surface area contributed by atoms with E-state index in [1.165, 1.54) is 0 Å². The molecule has 2 heterocycles. The summed E-state index contributed by atoms with van der Waals surface area (Å²) < 4.78 is 1.71.